The van der Waals surface area contributed by atoms with Gasteiger partial charge in [0.15, 0.2) is 0 Å². The average Bonchev–Trinajstić information content (AvgIpc) is 3.09. The summed E-state index contributed by atoms with van der Waals surface area (Å²) in [5.41, 5.74) is 2.86. The number of esters is 3. The van der Waals surface area contributed by atoms with Crippen LogP contribution in [0.1, 0.15) is 45.7 Å². The van der Waals surface area contributed by atoms with Crippen molar-refractivity contribution in [3.8, 4) is 0 Å². The Balaban J connectivity index is 1.41. The molecule has 3 aromatic rings. The Kier molecular flexibility index (Phi) is 14.8. The van der Waals surface area contributed by atoms with E-state index in [2.05, 4.69) is 21.9 Å². The van der Waals surface area contributed by atoms with Gasteiger partial charge in [0, 0.05) is 17.5 Å². The molecule has 0 bridgehead atoms. The maximum atomic E-state index is 12.7. The molecule has 0 spiro atoms. The van der Waals surface area contributed by atoms with Crippen molar-refractivity contribution in [1.29, 1.82) is 0 Å². The van der Waals surface area contributed by atoms with Gasteiger partial charge in [-0.25, -0.2) is 24.0 Å². The Labute approximate surface area is 282 Å². The van der Waals surface area contributed by atoms with E-state index in [1.54, 1.807) is 43.3 Å². The molecular weight excluding hydrogens is 640 g/mol. The van der Waals surface area contributed by atoms with Crippen LogP contribution in [0.4, 0.5) is 21.0 Å². The molecule has 2 amide bonds. The first-order chi connectivity index (χ1) is 23.6. The predicted molar refractivity (Wildman–Crippen MR) is 175 cm³/mol. The first kappa shape index (κ1) is 37.3. The van der Waals surface area contributed by atoms with Gasteiger partial charge in [0.25, 0.3) is 6.47 Å². The third kappa shape index (κ3) is 13.2. The second-order valence-corrected chi connectivity index (χ2v) is 10.3. The first-order valence-electron chi connectivity index (χ1n) is 15.0. The topological polar surface area (TPSA) is 182 Å². The Morgan fingerprint density at radius 3 is 1.63 bits per heavy atom. The summed E-state index contributed by atoms with van der Waals surface area (Å²) in [6.45, 7) is 5.97. The lowest BCUT2D eigenvalue weighted by Gasteiger charge is -2.15. The molecule has 0 aliphatic rings. The highest BCUT2D eigenvalue weighted by Crippen LogP contribution is 2.17. The maximum absolute atomic E-state index is 12.7. The molecule has 14 nitrogen and oxygen atoms in total. The molecule has 2 N–H and O–H groups in total. The molecule has 3 rings (SSSR count). The van der Waals surface area contributed by atoms with Gasteiger partial charge >= 0.3 is 30.1 Å². The van der Waals surface area contributed by atoms with Gasteiger partial charge in [0.05, 0.1) is 11.1 Å². The third-order valence-electron chi connectivity index (χ3n) is 6.37. The quantitative estimate of drug-likeness (QED) is 0.0638. The fourth-order valence-corrected chi connectivity index (χ4v) is 4.07. The molecular formula is C35H36N2O12. The van der Waals surface area contributed by atoms with Crippen LogP contribution in [0.5, 0.6) is 0 Å². The van der Waals surface area contributed by atoms with E-state index in [1.807, 2.05) is 24.3 Å². The molecule has 3 aromatic carbocycles. The Hall–Kier alpha value is -6.18. The number of carbonyl (C=O) groups is 6. The van der Waals surface area contributed by atoms with Gasteiger partial charge in [0.2, 0.25) is 0 Å². The number of carbonyl (C=O) groups excluding carboxylic acids is 6. The van der Waals surface area contributed by atoms with Crippen molar-refractivity contribution in [3.05, 3.63) is 108 Å². The third-order valence-corrected chi connectivity index (χ3v) is 6.37. The molecule has 0 radical (unpaired) electrons. The fourth-order valence-electron chi connectivity index (χ4n) is 4.07. The van der Waals surface area contributed by atoms with E-state index >= 15 is 0 Å². The second-order valence-electron chi connectivity index (χ2n) is 10.3. The van der Waals surface area contributed by atoms with Crippen molar-refractivity contribution < 1.29 is 57.2 Å². The van der Waals surface area contributed by atoms with Crippen LogP contribution in [-0.2, 0) is 44.4 Å². The van der Waals surface area contributed by atoms with Crippen molar-refractivity contribution >= 4 is 47.9 Å². The monoisotopic (exact) mass is 676 g/mol. The summed E-state index contributed by atoms with van der Waals surface area (Å²) in [5.74, 6) is -2.29. The summed E-state index contributed by atoms with van der Waals surface area (Å²) in [4.78, 5) is 70.9. The molecule has 0 fully saturated rings. The molecule has 2 atom stereocenters. The molecule has 0 aliphatic heterocycles. The Morgan fingerprint density at radius 2 is 1.14 bits per heavy atom. The zero-order valence-electron chi connectivity index (χ0n) is 26.9. The lowest BCUT2D eigenvalue weighted by Crippen LogP contribution is -2.26. The molecule has 0 heterocycles. The zero-order chi connectivity index (χ0) is 35.6. The number of hydrogen-bond acceptors (Lipinski definition) is 12. The molecule has 2 unspecified atom stereocenters. The van der Waals surface area contributed by atoms with Gasteiger partial charge in [-0.05, 0) is 67.8 Å². The molecule has 0 saturated carbocycles. The van der Waals surface area contributed by atoms with Gasteiger partial charge in [-0.15, -0.1) is 0 Å². The second kappa shape index (κ2) is 19.5. The smallest absolute Gasteiger partial charge is 0.412 e. The summed E-state index contributed by atoms with van der Waals surface area (Å²) >= 11 is 0. The van der Waals surface area contributed by atoms with E-state index in [9.17, 15) is 28.8 Å². The SMILES string of the molecule is C=CC(=O)OCCOC(=O)c1ccccc1C(=O)OCC(C)OC(=O)Nc1ccc(Cc2ccc(NC(=O)OC(C)COC=O)cc2)cc1. The molecule has 14 heteroatoms. The normalized spacial score (nSPS) is 11.5. The maximum Gasteiger partial charge on any atom is 0.412 e. The van der Waals surface area contributed by atoms with Crippen LogP contribution in [0.25, 0.3) is 0 Å². The minimum atomic E-state index is -0.821. The van der Waals surface area contributed by atoms with Crippen molar-refractivity contribution in [3.63, 3.8) is 0 Å². The summed E-state index contributed by atoms with van der Waals surface area (Å²) in [5, 5.41) is 5.22. The van der Waals surface area contributed by atoms with E-state index in [0.29, 0.717) is 17.8 Å². The van der Waals surface area contributed by atoms with Crippen molar-refractivity contribution in [2.24, 2.45) is 0 Å². The van der Waals surface area contributed by atoms with Gasteiger partial charge in [-0.3, -0.25) is 15.4 Å². The van der Waals surface area contributed by atoms with Crippen LogP contribution in [0.15, 0.2) is 85.5 Å². The highest BCUT2D eigenvalue weighted by molar-refractivity contribution is 6.03. The van der Waals surface area contributed by atoms with Crippen molar-refractivity contribution in [2.75, 3.05) is 37.1 Å². The number of anilines is 2. The van der Waals surface area contributed by atoms with Crippen LogP contribution in [0, 0.1) is 0 Å². The largest absolute Gasteiger partial charge is 0.464 e. The van der Waals surface area contributed by atoms with Crippen LogP contribution in [-0.4, -0.2) is 75.2 Å². The highest BCUT2D eigenvalue weighted by atomic mass is 16.6. The standard InChI is InChI=1S/C35H36N2O12/c1-4-31(39)45-17-18-46-32(40)29-7-5-6-8-30(29)33(41)47-21-24(3)49-35(43)37-28-15-11-26(12-16-28)19-25-9-13-27(14-10-25)36-34(42)48-23(2)20-44-22-38/h4-16,22-24H,1,17-21H2,2-3H3,(H,36,42)(H,37,43). The van der Waals surface area contributed by atoms with Crippen molar-refractivity contribution in [2.45, 2.75) is 32.5 Å². The van der Waals surface area contributed by atoms with E-state index in [1.165, 1.54) is 19.1 Å². The predicted octanol–water partition coefficient (Wildman–Crippen LogP) is 5.07. The van der Waals surface area contributed by atoms with Gasteiger partial charge in [0.1, 0.15) is 38.6 Å². The van der Waals surface area contributed by atoms with Crippen molar-refractivity contribution in [1.82, 2.24) is 0 Å². The fraction of sp³-hybridized carbons (Fsp3) is 0.257. The van der Waals surface area contributed by atoms with Gasteiger partial charge in [-0.2, -0.15) is 0 Å². The van der Waals surface area contributed by atoms with Crippen LogP contribution in [0.2, 0.25) is 0 Å². The molecule has 0 aromatic heterocycles. The van der Waals surface area contributed by atoms with Crippen LogP contribution in [0.3, 0.4) is 0 Å². The zero-order valence-corrected chi connectivity index (χ0v) is 26.9. The number of amides is 2. The number of benzene rings is 3. The number of ether oxygens (including phenoxy) is 6. The lowest BCUT2D eigenvalue weighted by molar-refractivity contribution is -0.138. The number of nitrogens with one attached hydrogen (secondary N) is 2. The van der Waals surface area contributed by atoms with Crippen LogP contribution >= 0.6 is 0 Å². The van der Waals surface area contributed by atoms with E-state index < -0.39 is 42.3 Å². The minimum Gasteiger partial charge on any atom is -0.464 e. The number of hydrogen-bond donors (Lipinski definition) is 2. The molecule has 258 valence electrons. The van der Waals surface area contributed by atoms with Gasteiger partial charge in [-0.1, -0.05) is 43.0 Å². The number of rotatable bonds is 17. The van der Waals surface area contributed by atoms with E-state index in [-0.39, 0.29) is 44.0 Å². The first-order valence-corrected chi connectivity index (χ1v) is 15.0. The highest BCUT2D eigenvalue weighted by Gasteiger charge is 2.21. The summed E-state index contributed by atoms with van der Waals surface area (Å²) in [7, 11) is 0. The Morgan fingerprint density at radius 1 is 0.673 bits per heavy atom. The Bertz CT molecular complexity index is 1610. The minimum absolute atomic E-state index is 0.0397. The van der Waals surface area contributed by atoms with Crippen LogP contribution < -0.4 is 10.6 Å². The van der Waals surface area contributed by atoms with E-state index in [0.717, 1.165) is 17.2 Å². The molecule has 0 aliphatic carbocycles. The van der Waals surface area contributed by atoms with Gasteiger partial charge < -0.3 is 28.4 Å². The summed E-state index contributed by atoms with van der Waals surface area (Å²) < 4.78 is 30.0. The molecule has 0 saturated heterocycles. The molecule has 49 heavy (non-hydrogen) atoms. The summed E-state index contributed by atoms with van der Waals surface area (Å²) in [6, 6.07) is 20.1. The average molecular weight is 677 g/mol. The van der Waals surface area contributed by atoms with E-state index in [4.69, 9.17) is 23.7 Å². The summed E-state index contributed by atoms with van der Waals surface area (Å²) in [6.07, 6.45) is -1.28. The lowest BCUT2D eigenvalue weighted by atomic mass is 10.0.